The quantitative estimate of drug-likeness (QED) is 0.649. The molecule has 0 spiro atoms. The van der Waals surface area contributed by atoms with Gasteiger partial charge in [0.25, 0.3) is 5.91 Å². The number of nitrogens with zero attached hydrogens (tertiary/aromatic N) is 1. The third kappa shape index (κ3) is 4.35. The van der Waals surface area contributed by atoms with Crippen LogP contribution in [0.15, 0.2) is 42.5 Å². The summed E-state index contributed by atoms with van der Waals surface area (Å²) in [5.74, 6) is -1.61. The molecule has 0 radical (unpaired) electrons. The Balaban J connectivity index is 2.08. The van der Waals surface area contributed by atoms with Crippen molar-refractivity contribution in [2.24, 2.45) is 0 Å². The van der Waals surface area contributed by atoms with E-state index < -0.39 is 22.3 Å². The molecule has 2 N–H and O–H groups in total. The van der Waals surface area contributed by atoms with Gasteiger partial charge in [-0.25, -0.2) is 0 Å². The van der Waals surface area contributed by atoms with Gasteiger partial charge in [0.05, 0.1) is 4.92 Å². The van der Waals surface area contributed by atoms with Crippen molar-refractivity contribution < 1.29 is 18.9 Å². The predicted molar refractivity (Wildman–Crippen MR) is 85.0 cm³/mol. The third-order valence-electron chi connectivity index (χ3n) is 3.16. The van der Waals surface area contributed by atoms with E-state index in [0.717, 1.165) is 17.7 Å². The van der Waals surface area contributed by atoms with Crippen molar-refractivity contribution in [3.63, 3.8) is 0 Å². The molecule has 0 atom stereocenters. The number of carbonyl (C=O) groups excluding carboxylic acids is 2. The van der Waals surface area contributed by atoms with Gasteiger partial charge in [-0.05, 0) is 29.8 Å². The Morgan fingerprint density at radius 3 is 2.42 bits per heavy atom. The lowest BCUT2D eigenvalue weighted by molar-refractivity contribution is -0.387. The molecule has 0 saturated carbocycles. The van der Waals surface area contributed by atoms with Crippen LogP contribution in [0.3, 0.4) is 0 Å². The number of carbonyl (C=O) groups is 2. The molecule has 0 unspecified atom stereocenters. The van der Waals surface area contributed by atoms with Crippen molar-refractivity contribution in [3.05, 3.63) is 69.5 Å². The summed E-state index contributed by atoms with van der Waals surface area (Å²) in [5, 5.41) is 15.8. The zero-order valence-corrected chi connectivity index (χ0v) is 12.7. The number of anilines is 1. The first-order chi connectivity index (χ1) is 11.4. The highest BCUT2D eigenvalue weighted by molar-refractivity contribution is 6.04. The van der Waals surface area contributed by atoms with Crippen LogP contribution in [-0.2, 0) is 11.3 Å². The number of nitrogens with one attached hydrogen (secondary N) is 2. The highest BCUT2D eigenvalue weighted by Gasteiger charge is 2.15. The van der Waals surface area contributed by atoms with E-state index in [0.29, 0.717) is 12.1 Å². The molecule has 2 aromatic carbocycles. The predicted octanol–water partition coefficient (Wildman–Crippen LogP) is 2.62. The first-order valence-corrected chi connectivity index (χ1v) is 6.95. The van der Waals surface area contributed by atoms with Gasteiger partial charge in [0, 0.05) is 30.8 Å². The molecule has 0 fully saturated rings. The maximum Gasteiger partial charge on any atom is 0.306 e. The molecular formula is C16H14FN3O4. The molecule has 0 aromatic heterocycles. The van der Waals surface area contributed by atoms with E-state index in [2.05, 4.69) is 10.6 Å². The lowest BCUT2D eigenvalue weighted by Crippen LogP contribution is -2.19. The summed E-state index contributed by atoms with van der Waals surface area (Å²) in [5.41, 5.74) is 0.557. The number of amides is 2. The highest BCUT2D eigenvalue weighted by Crippen LogP contribution is 2.22. The smallest absolute Gasteiger partial charge is 0.306 e. The molecule has 0 aliphatic carbocycles. The second kappa shape index (κ2) is 7.32. The van der Waals surface area contributed by atoms with Crippen LogP contribution >= 0.6 is 0 Å². The van der Waals surface area contributed by atoms with Crippen LogP contribution in [0.25, 0.3) is 0 Å². The molecule has 2 rings (SSSR count). The number of rotatable bonds is 5. The number of benzene rings is 2. The summed E-state index contributed by atoms with van der Waals surface area (Å²) in [6.45, 7) is 1.76. The molecule has 7 nitrogen and oxygen atoms in total. The van der Waals surface area contributed by atoms with Crippen molar-refractivity contribution in [2.45, 2.75) is 13.5 Å². The van der Waals surface area contributed by atoms with E-state index in [1.807, 2.05) is 0 Å². The first kappa shape index (κ1) is 17.1. The van der Waals surface area contributed by atoms with Crippen LogP contribution in [0.5, 0.6) is 0 Å². The fourth-order valence-corrected chi connectivity index (χ4v) is 1.93. The maximum absolute atomic E-state index is 13.3. The molecule has 0 saturated heterocycles. The fraction of sp³-hybridized carbons (Fsp3) is 0.125. The van der Waals surface area contributed by atoms with Crippen LogP contribution in [0.4, 0.5) is 15.8 Å². The lowest BCUT2D eigenvalue weighted by atomic mass is 10.1. The van der Waals surface area contributed by atoms with E-state index in [1.165, 1.54) is 13.0 Å². The number of hydrogen-bond donors (Lipinski definition) is 2. The standard InChI is InChI=1S/C16H14FN3O4/c1-10(21)18-9-11-2-4-12(5-3-11)16(22)19-13-6-7-14(17)15(8-13)20(23)24/h2-8H,9H2,1H3,(H,18,21)(H,19,22). The van der Waals surface area contributed by atoms with Gasteiger partial charge in [-0.15, -0.1) is 0 Å². The number of halogens is 1. The van der Waals surface area contributed by atoms with Gasteiger partial charge >= 0.3 is 5.69 Å². The van der Waals surface area contributed by atoms with E-state index >= 15 is 0 Å². The molecule has 0 heterocycles. The van der Waals surface area contributed by atoms with E-state index in [9.17, 15) is 24.1 Å². The van der Waals surface area contributed by atoms with Crippen LogP contribution in [0.1, 0.15) is 22.8 Å². The largest absolute Gasteiger partial charge is 0.352 e. The van der Waals surface area contributed by atoms with Crippen molar-refractivity contribution in [3.8, 4) is 0 Å². The normalized spacial score (nSPS) is 10.1. The summed E-state index contributed by atoms with van der Waals surface area (Å²) in [7, 11) is 0. The fourth-order valence-electron chi connectivity index (χ4n) is 1.93. The van der Waals surface area contributed by atoms with Crippen LogP contribution < -0.4 is 10.6 Å². The molecule has 124 valence electrons. The zero-order valence-electron chi connectivity index (χ0n) is 12.7. The van der Waals surface area contributed by atoms with Gasteiger partial charge in [-0.2, -0.15) is 4.39 Å². The van der Waals surface area contributed by atoms with Gasteiger partial charge in [0.15, 0.2) is 0 Å². The monoisotopic (exact) mass is 331 g/mol. The van der Waals surface area contributed by atoms with Gasteiger partial charge in [-0.3, -0.25) is 19.7 Å². The summed E-state index contributed by atoms with van der Waals surface area (Å²) in [4.78, 5) is 32.8. The van der Waals surface area contributed by atoms with E-state index in [1.54, 1.807) is 24.3 Å². The lowest BCUT2D eigenvalue weighted by Gasteiger charge is -2.07. The summed E-state index contributed by atoms with van der Waals surface area (Å²) >= 11 is 0. The van der Waals surface area contributed by atoms with Crippen molar-refractivity contribution in [2.75, 3.05) is 5.32 Å². The van der Waals surface area contributed by atoms with Crippen LogP contribution in [-0.4, -0.2) is 16.7 Å². The Bertz CT molecular complexity index is 790. The Labute approximate surface area is 136 Å². The first-order valence-electron chi connectivity index (χ1n) is 6.95. The summed E-state index contributed by atoms with van der Waals surface area (Å²) < 4.78 is 13.3. The summed E-state index contributed by atoms with van der Waals surface area (Å²) in [6.07, 6.45) is 0. The minimum atomic E-state index is -0.972. The molecule has 0 bridgehead atoms. The molecule has 0 aliphatic rings. The topological polar surface area (TPSA) is 101 Å². The number of hydrogen-bond acceptors (Lipinski definition) is 4. The second-order valence-corrected chi connectivity index (χ2v) is 4.98. The maximum atomic E-state index is 13.3. The van der Waals surface area contributed by atoms with E-state index in [-0.39, 0.29) is 11.6 Å². The van der Waals surface area contributed by atoms with Gasteiger partial charge < -0.3 is 10.6 Å². The van der Waals surface area contributed by atoms with Gasteiger partial charge in [0.1, 0.15) is 0 Å². The van der Waals surface area contributed by atoms with Crippen molar-refractivity contribution in [1.29, 1.82) is 0 Å². The highest BCUT2D eigenvalue weighted by atomic mass is 19.1. The Hall–Kier alpha value is -3.29. The number of nitro groups is 1. The molecule has 8 heteroatoms. The molecule has 0 aliphatic heterocycles. The third-order valence-corrected chi connectivity index (χ3v) is 3.16. The Kier molecular flexibility index (Phi) is 5.20. The average Bonchev–Trinajstić information content (AvgIpc) is 2.54. The van der Waals surface area contributed by atoms with Crippen LogP contribution in [0.2, 0.25) is 0 Å². The molecule has 24 heavy (non-hydrogen) atoms. The van der Waals surface area contributed by atoms with Crippen LogP contribution in [0, 0.1) is 15.9 Å². The Morgan fingerprint density at radius 1 is 1.17 bits per heavy atom. The zero-order chi connectivity index (χ0) is 17.7. The van der Waals surface area contributed by atoms with Gasteiger partial charge in [0.2, 0.25) is 11.7 Å². The Morgan fingerprint density at radius 2 is 1.83 bits per heavy atom. The molecule has 2 aromatic rings. The second-order valence-electron chi connectivity index (χ2n) is 4.98. The minimum Gasteiger partial charge on any atom is -0.352 e. The number of nitro benzene ring substituents is 1. The van der Waals surface area contributed by atoms with E-state index in [4.69, 9.17) is 0 Å². The van der Waals surface area contributed by atoms with Crippen molar-refractivity contribution in [1.82, 2.24) is 5.32 Å². The molecule has 2 amide bonds. The van der Waals surface area contributed by atoms with Crippen molar-refractivity contribution >= 4 is 23.2 Å². The average molecular weight is 331 g/mol. The van der Waals surface area contributed by atoms with Gasteiger partial charge in [-0.1, -0.05) is 12.1 Å². The SMILES string of the molecule is CC(=O)NCc1ccc(C(=O)Nc2ccc(F)c([N+](=O)[O-])c2)cc1. The summed E-state index contributed by atoms with van der Waals surface area (Å²) in [6, 6.07) is 9.60. The molecular weight excluding hydrogens is 317 g/mol. The minimum absolute atomic E-state index is 0.121.